The van der Waals surface area contributed by atoms with Crippen molar-refractivity contribution in [2.24, 2.45) is 5.73 Å². The number of aryl methyl sites for hydroxylation is 1. The first-order chi connectivity index (χ1) is 9.10. The molecular weight excluding hydrogens is 302 g/mol. The SMILES string of the molecule is COc1ccc(CC(N)c2cccc(C)c2)cc1Br. The Bertz CT molecular complexity index is 568. The summed E-state index contributed by atoms with van der Waals surface area (Å²) in [6.45, 7) is 2.08. The number of halogens is 1. The number of hydrogen-bond donors (Lipinski definition) is 1. The van der Waals surface area contributed by atoms with Gasteiger partial charge < -0.3 is 10.5 Å². The Labute approximate surface area is 122 Å². The molecule has 2 N–H and O–H groups in total. The van der Waals surface area contributed by atoms with Crippen molar-refractivity contribution in [3.8, 4) is 5.75 Å². The second-order valence-corrected chi connectivity index (χ2v) is 5.55. The first kappa shape index (κ1) is 14.1. The molecule has 2 rings (SSSR count). The Morgan fingerprint density at radius 1 is 1.21 bits per heavy atom. The van der Waals surface area contributed by atoms with E-state index in [1.165, 1.54) is 16.7 Å². The van der Waals surface area contributed by atoms with Gasteiger partial charge in [-0.05, 0) is 52.5 Å². The van der Waals surface area contributed by atoms with Crippen molar-refractivity contribution in [1.29, 1.82) is 0 Å². The van der Waals surface area contributed by atoms with Crippen LogP contribution in [0, 0.1) is 6.92 Å². The molecule has 0 saturated heterocycles. The third-order valence-electron chi connectivity index (χ3n) is 3.14. The molecule has 2 nitrogen and oxygen atoms in total. The van der Waals surface area contributed by atoms with Gasteiger partial charge in [-0.2, -0.15) is 0 Å². The number of hydrogen-bond acceptors (Lipinski definition) is 2. The maximum absolute atomic E-state index is 6.27. The standard InChI is InChI=1S/C16H18BrNO/c1-11-4-3-5-13(8-11)15(18)10-12-6-7-16(19-2)14(17)9-12/h3-9,15H,10,18H2,1-2H3. The van der Waals surface area contributed by atoms with Crippen LogP contribution in [0.1, 0.15) is 22.7 Å². The fourth-order valence-electron chi connectivity index (χ4n) is 2.11. The van der Waals surface area contributed by atoms with Crippen molar-refractivity contribution in [1.82, 2.24) is 0 Å². The number of benzene rings is 2. The molecule has 0 saturated carbocycles. The molecule has 19 heavy (non-hydrogen) atoms. The Hall–Kier alpha value is -1.32. The normalized spacial score (nSPS) is 12.2. The van der Waals surface area contributed by atoms with Crippen LogP contribution in [0.5, 0.6) is 5.75 Å². The van der Waals surface area contributed by atoms with Crippen LogP contribution in [0.2, 0.25) is 0 Å². The maximum atomic E-state index is 6.27. The van der Waals surface area contributed by atoms with Crippen molar-refractivity contribution in [2.45, 2.75) is 19.4 Å². The van der Waals surface area contributed by atoms with E-state index < -0.39 is 0 Å². The van der Waals surface area contributed by atoms with Crippen LogP contribution in [0.3, 0.4) is 0 Å². The average Bonchev–Trinajstić information content (AvgIpc) is 2.39. The lowest BCUT2D eigenvalue weighted by Crippen LogP contribution is -2.13. The van der Waals surface area contributed by atoms with E-state index in [2.05, 4.69) is 59.3 Å². The average molecular weight is 320 g/mol. The second-order valence-electron chi connectivity index (χ2n) is 4.69. The summed E-state index contributed by atoms with van der Waals surface area (Å²) in [7, 11) is 1.66. The Morgan fingerprint density at radius 3 is 2.63 bits per heavy atom. The van der Waals surface area contributed by atoms with Gasteiger partial charge >= 0.3 is 0 Å². The summed E-state index contributed by atoms with van der Waals surface area (Å²) in [5.74, 6) is 0.841. The van der Waals surface area contributed by atoms with Gasteiger partial charge in [0.2, 0.25) is 0 Å². The zero-order valence-corrected chi connectivity index (χ0v) is 12.8. The van der Waals surface area contributed by atoms with Gasteiger partial charge in [0.25, 0.3) is 0 Å². The molecule has 0 aliphatic rings. The molecule has 0 spiro atoms. The molecule has 1 atom stereocenters. The largest absolute Gasteiger partial charge is 0.496 e. The van der Waals surface area contributed by atoms with Crippen molar-refractivity contribution < 1.29 is 4.74 Å². The Morgan fingerprint density at radius 2 is 2.00 bits per heavy atom. The predicted octanol–water partition coefficient (Wildman–Crippen LogP) is 4.01. The van der Waals surface area contributed by atoms with Gasteiger partial charge in [0.05, 0.1) is 11.6 Å². The van der Waals surface area contributed by atoms with Crippen molar-refractivity contribution in [2.75, 3.05) is 7.11 Å². The van der Waals surface area contributed by atoms with E-state index in [1.54, 1.807) is 7.11 Å². The lowest BCUT2D eigenvalue weighted by atomic mass is 9.98. The lowest BCUT2D eigenvalue weighted by Gasteiger charge is -2.14. The van der Waals surface area contributed by atoms with E-state index in [1.807, 2.05) is 6.07 Å². The molecule has 0 heterocycles. The molecule has 100 valence electrons. The summed E-state index contributed by atoms with van der Waals surface area (Å²) in [5, 5.41) is 0. The van der Waals surface area contributed by atoms with Crippen LogP contribution in [0.4, 0.5) is 0 Å². The second kappa shape index (κ2) is 6.22. The van der Waals surface area contributed by atoms with E-state index in [-0.39, 0.29) is 6.04 Å². The van der Waals surface area contributed by atoms with Crippen LogP contribution in [-0.4, -0.2) is 7.11 Å². The Balaban J connectivity index is 2.14. The van der Waals surface area contributed by atoms with Crippen molar-refractivity contribution in [3.05, 3.63) is 63.6 Å². The fourth-order valence-corrected chi connectivity index (χ4v) is 2.70. The summed E-state index contributed by atoms with van der Waals surface area (Å²) in [5.41, 5.74) is 9.88. The third kappa shape index (κ3) is 3.58. The van der Waals surface area contributed by atoms with E-state index in [9.17, 15) is 0 Å². The summed E-state index contributed by atoms with van der Waals surface area (Å²) in [6.07, 6.45) is 0.812. The molecule has 2 aromatic carbocycles. The van der Waals surface area contributed by atoms with Crippen LogP contribution in [-0.2, 0) is 6.42 Å². The van der Waals surface area contributed by atoms with Gasteiger partial charge in [-0.25, -0.2) is 0 Å². The molecule has 0 bridgehead atoms. The third-order valence-corrected chi connectivity index (χ3v) is 3.76. The lowest BCUT2D eigenvalue weighted by molar-refractivity contribution is 0.412. The quantitative estimate of drug-likeness (QED) is 0.924. The van der Waals surface area contributed by atoms with E-state index in [0.717, 1.165) is 16.6 Å². The number of methoxy groups -OCH3 is 1. The van der Waals surface area contributed by atoms with E-state index in [0.29, 0.717) is 0 Å². The van der Waals surface area contributed by atoms with Crippen LogP contribution in [0.25, 0.3) is 0 Å². The maximum Gasteiger partial charge on any atom is 0.133 e. The summed E-state index contributed by atoms with van der Waals surface area (Å²) >= 11 is 3.50. The van der Waals surface area contributed by atoms with Crippen molar-refractivity contribution >= 4 is 15.9 Å². The summed E-state index contributed by atoms with van der Waals surface area (Å²) in [4.78, 5) is 0. The molecule has 0 radical (unpaired) electrons. The van der Waals surface area contributed by atoms with Gasteiger partial charge in [-0.15, -0.1) is 0 Å². The molecule has 3 heteroatoms. The van der Waals surface area contributed by atoms with Crippen LogP contribution < -0.4 is 10.5 Å². The topological polar surface area (TPSA) is 35.2 Å². The molecule has 0 aliphatic carbocycles. The Kier molecular flexibility index (Phi) is 4.61. The highest BCUT2D eigenvalue weighted by atomic mass is 79.9. The number of ether oxygens (including phenoxy) is 1. The van der Waals surface area contributed by atoms with E-state index >= 15 is 0 Å². The molecule has 0 aliphatic heterocycles. The summed E-state index contributed by atoms with van der Waals surface area (Å²) in [6, 6.07) is 14.4. The minimum absolute atomic E-state index is 0.0141. The monoisotopic (exact) mass is 319 g/mol. The first-order valence-corrected chi connectivity index (χ1v) is 7.04. The smallest absolute Gasteiger partial charge is 0.133 e. The molecule has 0 fully saturated rings. The highest BCUT2D eigenvalue weighted by Crippen LogP contribution is 2.27. The molecule has 0 amide bonds. The predicted molar refractivity (Wildman–Crippen MR) is 82.5 cm³/mol. The van der Waals surface area contributed by atoms with Gasteiger partial charge in [0, 0.05) is 6.04 Å². The van der Waals surface area contributed by atoms with Crippen LogP contribution in [0.15, 0.2) is 46.9 Å². The highest BCUT2D eigenvalue weighted by molar-refractivity contribution is 9.10. The minimum Gasteiger partial charge on any atom is -0.496 e. The number of rotatable bonds is 4. The highest BCUT2D eigenvalue weighted by Gasteiger charge is 2.09. The summed E-state index contributed by atoms with van der Waals surface area (Å²) < 4.78 is 6.19. The van der Waals surface area contributed by atoms with Gasteiger partial charge in [0.1, 0.15) is 5.75 Å². The van der Waals surface area contributed by atoms with Gasteiger partial charge in [-0.3, -0.25) is 0 Å². The number of nitrogens with two attached hydrogens (primary N) is 1. The first-order valence-electron chi connectivity index (χ1n) is 6.24. The molecule has 2 aromatic rings. The molecule has 0 aromatic heterocycles. The molecular formula is C16H18BrNO. The fraction of sp³-hybridized carbons (Fsp3) is 0.250. The van der Waals surface area contributed by atoms with Gasteiger partial charge in [0.15, 0.2) is 0 Å². The zero-order chi connectivity index (χ0) is 13.8. The minimum atomic E-state index is 0.0141. The van der Waals surface area contributed by atoms with Gasteiger partial charge in [-0.1, -0.05) is 35.9 Å². The zero-order valence-electron chi connectivity index (χ0n) is 11.2. The van der Waals surface area contributed by atoms with E-state index in [4.69, 9.17) is 10.5 Å². The van der Waals surface area contributed by atoms with Crippen LogP contribution >= 0.6 is 15.9 Å². The van der Waals surface area contributed by atoms with Crippen molar-refractivity contribution in [3.63, 3.8) is 0 Å². The molecule has 1 unspecified atom stereocenters.